The standard InChI is InChI=1S/C24H16O7S2/c1-31-15-10-12-17-21(13-15)32(27,28)19(22(17)25)7-4-8-20-23(26)18-11-9-14-5-2-3-6-16(14)24(18)33(20,29)30/h2-13,25H,1H3/p-1/b7-4+,20-8-. The summed E-state index contributed by atoms with van der Waals surface area (Å²) in [6.07, 6.45) is 3.15. The summed E-state index contributed by atoms with van der Waals surface area (Å²) in [7, 11) is -6.86. The minimum Gasteiger partial charge on any atom is -0.871 e. The van der Waals surface area contributed by atoms with E-state index < -0.39 is 41.0 Å². The van der Waals surface area contributed by atoms with Crippen molar-refractivity contribution in [3.8, 4) is 5.75 Å². The topological polar surface area (TPSA) is 118 Å². The van der Waals surface area contributed by atoms with E-state index in [4.69, 9.17) is 4.74 Å². The third-order valence-electron chi connectivity index (χ3n) is 5.64. The maximum absolute atomic E-state index is 13.1. The number of fused-ring (bicyclic) bond motifs is 4. The summed E-state index contributed by atoms with van der Waals surface area (Å²) in [5.74, 6) is -1.11. The number of carbonyl (C=O) groups is 1. The Morgan fingerprint density at radius 2 is 1.64 bits per heavy atom. The van der Waals surface area contributed by atoms with Crippen molar-refractivity contribution in [1.29, 1.82) is 0 Å². The average molecular weight is 480 g/mol. The van der Waals surface area contributed by atoms with Crippen molar-refractivity contribution < 1.29 is 31.5 Å². The first-order chi connectivity index (χ1) is 15.7. The molecule has 33 heavy (non-hydrogen) atoms. The molecule has 0 saturated heterocycles. The molecule has 5 rings (SSSR count). The van der Waals surface area contributed by atoms with Crippen LogP contribution in [0.4, 0.5) is 0 Å². The molecule has 3 aromatic rings. The molecule has 0 aromatic heterocycles. The largest absolute Gasteiger partial charge is 0.871 e. The van der Waals surface area contributed by atoms with Crippen LogP contribution < -0.4 is 9.84 Å². The number of sulfone groups is 2. The van der Waals surface area contributed by atoms with Gasteiger partial charge in [-0.15, -0.1) is 0 Å². The predicted molar refractivity (Wildman–Crippen MR) is 120 cm³/mol. The number of carbonyl (C=O) groups excluding carboxylic acids is 1. The first-order valence-corrected chi connectivity index (χ1v) is 12.7. The summed E-state index contributed by atoms with van der Waals surface area (Å²) in [4.78, 5) is 11.6. The van der Waals surface area contributed by atoms with E-state index in [0.717, 1.165) is 18.2 Å². The van der Waals surface area contributed by atoms with E-state index in [9.17, 15) is 26.7 Å². The molecular formula is C24H15O7S2-. The fraction of sp³-hybridized carbons (Fsp3) is 0.0417. The van der Waals surface area contributed by atoms with Crippen molar-refractivity contribution in [1.82, 2.24) is 0 Å². The van der Waals surface area contributed by atoms with Gasteiger partial charge in [-0.2, -0.15) is 0 Å². The van der Waals surface area contributed by atoms with Crippen LogP contribution in [0, 0.1) is 0 Å². The van der Waals surface area contributed by atoms with E-state index in [1.807, 2.05) is 0 Å². The van der Waals surface area contributed by atoms with Gasteiger partial charge < -0.3 is 9.84 Å². The lowest BCUT2D eigenvalue weighted by Crippen LogP contribution is -2.03. The third-order valence-corrected chi connectivity index (χ3v) is 9.33. The molecule has 0 bridgehead atoms. The number of rotatable bonds is 3. The van der Waals surface area contributed by atoms with Crippen molar-refractivity contribution in [3.05, 3.63) is 93.8 Å². The molecule has 0 radical (unpaired) electrons. The van der Waals surface area contributed by atoms with E-state index in [2.05, 4.69) is 0 Å². The number of hydrogen-bond acceptors (Lipinski definition) is 7. The number of benzene rings is 3. The van der Waals surface area contributed by atoms with Crippen molar-refractivity contribution in [3.63, 3.8) is 0 Å². The first-order valence-electron chi connectivity index (χ1n) is 9.72. The molecule has 3 aromatic carbocycles. The zero-order valence-corrected chi connectivity index (χ0v) is 18.7. The van der Waals surface area contributed by atoms with Gasteiger partial charge in [0.15, 0.2) is 0 Å². The van der Waals surface area contributed by atoms with Gasteiger partial charge in [-0.3, -0.25) is 4.79 Å². The maximum atomic E-state index is 13.1. The van der Waals surface area contributed by atoms with Crippen molar-refractivity contribution in [2.24, 2.45) is 0 Å². The second kappa shape index (κ2) is 7.16. The van der Waals surface area contributed by atoms with Gasteiger partial charge in [0, 0.05) is 10.9 Å². The number of Topliss-reactive ketones (excluding diaryl/α,β-unsaturated/α-hetero) is 1. The monoisotopic (exact) mass is 479 g/mol. The average Bonchev–Trinajstić information content (AvgIpc) is 3.12. The van der Waals surface area contributed by atoms with Crippen LogP contribution in [0.3, 0.4) is 0 Å². The molecule has 0 atom stereocenters. The van der Waals surface area contributed by atoms with E-state index in [-0.39, 0.29) is 26.7 Å². The Balaban J connectivity index is 1.58. The number of ether oxygens (including phenoxy) is 1. The van der Waals surface area contributed by atoms with Crippen molar-refractivity contribution in [2.45, 2.75) is 9.79 Å². The molecule has 0 unspecified atom stereocenters. The summed E-state index contributed by atoms with van der Waals surface area (Å²) in [6, 6.07) is 14.1. The molecule has 2 aliphatic heterocycles. The van der Waals surface area contributed by atoms with E-state index in [1.165, 1.54) is 31.4 Å². The smallest absolute Gasteiger partial charge is 0.211 e. The Kier molecular flexibility index (Phi) is 4.59. The minimum atomic E-state index is -4.12. The van der Waals surface area contributed by atoms with Crippen LogP contribution in [0.1, 0.15) is 15.9 Å². The number of methoxy groups -OCH3 is 1. The van der Waals surface area contributed by atoms with Gasteiger partial charge in [-0.25, -0.2) is 16.8 Å². The molecular weight excluding hydrogens is 464 g/mol. The Hall–Kier alpha value is -3.69. The quantitative estimate of drug-likeness (QED) is 0.530. The van der Waals surface area contributed by atoms with Crippen LogP contribution in [-0.4, -0.2) is 29.7 Å². The summed E-state index contributed by atoms with van der Waals surface area (Å²) < 4.78 is 57.0. The van der Waals surface area contributed by atoms with Crippen molar-refractivity contribution >= 4 is 42.0 Å². The van der Waals surface area contributed by atoms with Gasteiger partial charge in [0.1, 0.15) is 10.7 Å². The Morgan fingerprint density at radius 1 is 0.909 bits per heavy atom. The van der Waals surface area contributed by atoms with Gasteiger partial charge in [-0.1, -0.05) is 48.2 Å². The number of hydrogen-bond donors (Lipinski definition) is 0. The normalized spacial score (nSPS) is 19.4. The van der Waals surface area contributed by atoms with Crippen LogP contribution >= 0.6 is 0 Å². The minimum absolute atomic E-state index is 0.00606. The van der Waals surface area contributed by atoms with Crippen LogP contribution in [-0.2, 0) is 19.7 Å². The van der Waals surface area contributed by atoms with Crippen molar-refractivity contribution in [2.75, 3.05) is 7.11 Å². The Morgan fingerprint density at radius 3 is 2.39 bits per heavy atom. The Labute approximate surface area is 189 Å². The van der Waals surface area contributed by atoms with E-state index in [1.54, 1.807) is 30.3 Å². The van der Waals surface area contributed by atoms with Crippen LogP contribution in [0.5, 0.6) is 5.75 Å². The highest BCUT2D eigenvalue weighted by atomic mass is 32.2. The fourth-order valence-electron chi connectivity index (χ4n) is 4.04. The second-order valence-electron chi connectivity index (χ2n) is 7.44. The van der Waals surface area contributed by atoms with Gasteiger partial charge in [0.2, 0.25) is 25.5 Å². The molecule has 7 nitrogen and oxygen atoms in total. The van der Waals surface area contributed by atoms with Crippen LogP contribution in [0.25, 0.3) is 16.5 Å². The molecule has 2 heterocycles. The summed E-state index contributed by atoms with van der Waals surface area (Å²) in [5, 5.41) is 13.8. The number of ketones is 1. The Bertz CT molecular complexity index is 1690. The molecule has 0 amide bonds. The summed E-state index contributed by atoms with van der Waals surface area (Å²) in [6.45, 7) is 0. The number of allylic oxidation sites excluding steroid dienone is 4. The molecule has 0 aliphatic carbocycles. The molecule has 0 saturated carbocycles. The molecule has 0 N–H and O–H groups in total. The van der Waals surface area contributed by atoms with Crippen LogP contribution in [0.2, 0.25) is 0 Å². The molecule has 166 valence electrons. The highest BCUT2D eigenvalue weighted by Gasteiger charge is 2.40. The summed E-state index contributed by atoms with van der Waals surface area (Å²) >= 11 is 0. The molecule has 2 aliphatic rings. The molecule has 0 spiro atoms. The van der Waals surface area contributed by atoms with Gasteiger partial charge in [0.05, 0.1) is 21.8 Å². The fourth-order valence-corrected chi connectivity index (χ4v) is 7.37. The SMILES string of the molecule is COc1ccc2c(c1)S(=O)(=O)C(/C=C/C=C1/C(=O)c3ccc4ccccc4c3S1(=O)=O)=C2[O-]. The van der Waals surface area contributed by atoms with E-state index >= 15 is 0 Å². The second-order valence-corrected chi connectivity index (χ2v) is 11.2. The molecule has 0 fully saturated rings. The zero-order chi connectivity index (χ0) is 23.5. The third kappa shape index (κ3) is 2.96. The van der Waals surface area contributed by atoms with Gasteiger partial charge >= 0.3 is 0 Å². The molecule has 9 heteroatoms. The van der Waals surface area contributed by atoms with E-state index in [0.29, 0.717) is 10.8 Å². The maximum Gasteiger partial charge on any atom is 0.211 e. The lowest BCUT2D eigenvalue weighted by molar-refractivity contribution is -0.244. The van der Waals surface area contributed by atoms with Gasteiger partial charge in [-0.05, 0) is 41.3 Å². The highest BCUT2D eigenvalue weighted by molar-refractivity contribution is 7.97. The van der Waals surface area contributed by atoms with Crippen LogP contribution in [0.15, 0.2) is 92.4 Å². The lowest BCUT2D eigenvalue weighted by atomic mass is 10.0. The lowest BCUT2D eigenvalue weighted by Gasteiger charge is -2.08. The predicted octanol–water partition coefficient (Wildman–Crippen LogP) is 2.77. The zero-order valence-electron chi connectivity index (χ0n) is 17.1. The summed E-state index contributed by atoms with van der Waals surface area (Å²) in [5.41, 5.74) is 0.0663. The van der Waals surface area contributed by atoms with Gasteiger partial charge in [0.25, 0.3) is 0 Å². The first kappa shape index (κ1) is 21.2. The highest BCUT2D eigenvalue weighted by Crippen LogP contribution is 2.40.